The third-order valence-corrected chi connectivity index (χ3v) is 2.05. The molecule has 0 bridgehead atoms. The van der Waals surface area contributed by atoms with Crippen molar-refractivity contribution in [2.45, 2.75) is 13.0 Å². The van der Waals surface area contributed by atoms with Gasteiger partial charge in [0.1, 0.15) is 0 Å². The van der Waals surface area contributed by atoms with E-state index < -0.39 is 24.6 Å². The average molecular weight is 242 g/mol. The zero-order valence-electron chi connectivity index (χ0n) is 9.47. The number of anilines is 1. The van der Waals surface area contributed by atoms with Crippen molar-refractivity contribution < 1.29 is 19.8 Å². The van der Waals surface area contributed by atoms with Gasteiger partial charge in [-0.25, -0.2) is 9.59 Å². The molecule has 0 radical (unpaired) electrons. The van der Waals surface area contributed by atoms with Gasteiger partial charge in [0.15, 0.2) is 6.04 Å². The van der Waals surface area contributed by atoms with Crippen molar-refractivity contribution in [3.8, 4) is 0 Å². The van der Waals surface area contributed by atoms with Gasteiger partial charge in [0.2, 0.25) is 0 Å². The number of aryl methyl sites for hydroxylation is 2. The number of carboxylic acid groups (broad SMARTS) is 1. The molecule has 0 aliphatic rings. The lowest BCUT2D eigenvalue weighted by Gasteiger charge is -2.11. The highest BCUT2D eigenvalue weighted by Crippen LogP contribution is 2.10. The van der Waals surface area contributed by atoms with E-state index in [0.29, 0.717) is 11.4 Å². The quantitative estimate of drug-likeness (QED) is 0.557. The first-order valence-corrected chi connectivity index (χ1v) is 4.85. The maximum absolute atomic E-state index is 11.4. The van der Waals surface area contributed by atoms with Gasteiger partial charge in [-0.3, -0.25) is 4.68 Å². The van der Waals surface area contributed by atoms with E-state index in [1.165, 1.54) is 4.68 Å². The molecule has 1 aromatic rings. The van der Waals surface area contributed by atoms with E-state index in [2.05, 4.69) is 15.7 Å². The van der Waals surface area contributed by atoms with Crippen LogP contribution in [0.25, 0.3) is 0 Å². The normalized spacial score (nSPS) is 11.9. The van der Waals surface area contributed by atoms with Crippen LogP contribution in [-0.2, 0) is 11.8 Å². The van der Waals surface area contributed by atoms with Crippen LogP contribution in [0.4, 0.5) is 10.5 Å². The number of aromatic nitrogens is 2. The van der Waals surface area contributed by atoms with E-state index in [9.17, 15) is 9.59 Å². The summed E-state index contributed by atoms with van der Waals surface area (Å²) in [5, 5.41) is 25.9. The Hall–Kier alpha value is -2.09. The zero-order valence-corrected chi connectivity index (χ0v) is 9.47. The lowest BCUT2D eigenvalue weighted by Crippen LogP contribution is -2.45. The number of urea groups is 1. The number of hydrogen-bond donors (Lipinski definition) is 4. The van der Waals surface area contributed by atoms with E-state index >= 15 is 0 Å². The molecule has 1 atom stereocenters. The molecule has 17 heavy (non-hydrogen) atoms. The Bertz CT molecular complexity index is 429. The van der Waals surface area contributed by atoms with Crippen LogP contribution in [0.2, 0.25) is 0 Å². The van der Waals surface area contributed by atoms with Crippen LogP contribution < -0.4 is 10.6 Å². The highest BCUT2D eigenvalue weighted by molar-refractivity contribution is 5.92. The largest absolute Gasteiger partial charge is 0.480 e. The van der Waals surface area contributed by atoms with Crippen LogP contribution in [0.3, 0.4) is 0 Å². The number of carboxylic acids is 1. The first kappa shape index (κ1) is 13.0. The number of aliphatic hydroxyl groups excluding tert-OH is 1. The standard InChI is InChI=1S/C9H14N4O4/c1-5-6(3-13(2)12-5)10-9(17)11-7(4-14)8(15)16/h3,7,14H,4H2,1-2H3,(H,15,16)(H2,10,11,17)/t7-/m1/s1. The molecule has 0 saturated heterocycles. The second-order valence-electron chi connectivity index (χ2n) is 3.47. The van der Waals surface area contributed by atoms with E-state index in [0.717, 1.165) is 0 Å². The SMILES string of the molecule is Cc1nn(C)cc1NC(=O)N[C@H](CO)C(=O)O. The molecule has 0 fully saturated rings. The molecule has 4 N–H and O–H groups in total. The van der Waals surface area contributed by atoms with Crippen molar-refractivity contribution >= 4 is 17.7 Å². The topological polar surface area (TPSA) is 116 Å². The van der Waals surface area contributed by atoms with Gasteiger partial charge >= 0.3 is 12.0 Å². The molecule has 1 aromatic heterocycles. The van der Waals surface area contributed by atoms with Crippen LogP contribution in [0.5, 0.6) is 0 Å². The summed E-state index contributed by atoms with van der Waals surface area (Å²) in [6, 6.07) is -2.03. The Morgan fingerprint density at radius 3 is 2.65 bits per heavy atom. The summed E-state index contributed by atoms with van der Waals surface area (Å²) < 4.78 is 1.52. The lowest BCUT2D eigenvalue weighted by molar-refractivity contribution is -0.140. The summed E-state index contributed by atoms with van der Waals surface area (Å²) >= 11 is 0. The second kappa shape index (κ2) is 5.30. The molecule has 2 amide bonds. The van der Waals surface area contributed by atoms with Crippen LogP contribution in [0.1, 0.15) is 5.69 Å². The van der Waals surface area contributed by atoms with Gasteiger partial charge in [0.25, 0.3) is 0 Å². The molecule has 94 valence electrons. The molecule has 0 aromatic carbocycles. The highest BCUT2D eigenvalue weighted by atomic mass is 16.4. The van der Waals surface area contributed by atoms with Crippen molar-refractivity contribution in [2.75, 3.05) is 11.9 Å². The maximum Gasteiger partial charge on any atom is 0.328 e. The zero-order chi connectivity index (χ0) is 13.0. The highest BCUT2D eigenvalue weighted by Gasteiger charge is 2.19. The lowest BCUT2D eigenvalue weighted by atomic mass is 10.3. The molecule has 0 unspecified atom stereocenters. The second-order valence-corrected chi connectivity index (χ2v) is 3.47. The first-order chi connectivity index (χ1) is 7.93. The van der Waals surface area contributed by atoms with Gasteiger partial charge in [0.05, 0.1) is 18.0 Å². The summed E-state index contributed by atoms with van der Waals surface area (Å²) in [6.07, 6.45) is 1.59. The molecule has 1 heterocycles. The number of nitrogens with one attached hydrogen (secondary N) is 2. The Morgan fingerprint density at radius 2 is 2.24 bits per heavy atom. The number of carbonyl (C=O) groups is 2. The fourth-order valence-electron chi connectivity index (χ4n) is 1.22. The van der Waals surface area contributed by atoms with Crippen molar-refractivity contribution in [1.82, 2.24) is 15.1 Å². The molecular weight excluding hydrogens is 228 g/mol. The van der Waals surface area contributed by atoms with Gasteiger partial charge in [-0.15, -0.1) is 0 Å². The summed E-state index contributed by atoms with van der Waals surface area (Å²) in [7, 11) is 1.70. The van der Waals surface area contributed by atoms with Gasteiger partial charge in [-0.1, -0.05) is 0 Å². The molecule has 0 spiro atoms. The van der Waals surface area contributed by atoms with Gasteiger partial charge in [0, 0.05) is 13.2 Å². The van der Waals surface area contributed by atoms with E-state index in [-0.39, 0.29) is 0 Å². The Balaban J connectivity index is 2.61. The average Bonchev–Trinajstić information content (AvgIpc) is 2.53. The predicted octanol–water partition coefficient (Wildman–Crippen LogP) is -0.704. The molecule has 0 aliphatic heterocycles. The molecule has 0 saturated carbocycles. The monoisotopic (exact) mass is 242 g/mol. The first-order valence-electron chi connectivity index (χ1n) is 4.85. The fraction of sp³-hybridized carbons (Fsp3) is 0.444. The minimum absolute atomic E-state index is 0.479. The number of carbonyl (C=O) groups excluding carboxylic acids is 1. The van der Waals surface area contributed by atoms with Crippen LogP contribution in [0.15, 0.2) is 6.20 Å². The number of aliphatic hydroxyl groups is 1. The fourth-order valence-corrected chi connectivity index (χ4v) is 1.22. The summed E-state index contributed by atoms with van der Waals surface area (Å²) in [5.74, 6) is -1.30. The van der Waals surface area contributed by atoms with Crippen molar-refractivity contribution in [1.29, 1.82) is 0 Å². The maximum atomic E-state index is 11.4. The van der Waals surface area contributed by atoms with Gasteiger partial charge < -0.3 is 20.8 Å². The van der Waals surface area contributed by atoms with Gasteiger partial charge in [-0.05, 0) is 6.92 Å². The van der Waals surface area contributed by atoms with E-state index in [1.54, 1.807) is 20.2 Å². The van der Waals surface area contributed by atoms with Crippen molar-refractivity contribution in [3.63, 3.8) is 0 Å². The minimum Gasteiger partial charge on any atom is -0.480 e. The smallest absolute Gasteiger partial charge is 0.328 e. The van der Waals surface area contributed by atoms with Crippen LogP contribution >= 0.6 is 0 Å². The number of amides is 2. The van der Waals surface area contributed by atoms with E-state index in [1.807, 2.05) is 0 Å². The molecule has 8 nitrogen and oxygen atoms in total. The van der Waals surface area contributed by atoms with E-state index in [4.69, 9.17) is 10.2 Å². The third-order valence-electron chi connectivity index (χ3n) is 2.05. The summed E-state index contributed by atoms with van der Waals surface area (Å²) in [6.45, 7) is 1.03. The third kappa shape index (κ3) is 3.45. The van der Waals surface area contributed by atoms with Crippen molar-refractivity contribution in [3.05, 3.63) is 11.9 Å². The molecular formula is C9H14N4O4. The van der Waals surface area contributed by atoms with Crippen LogP contribution in [-0.4, -0.2) is 44.6 Å². The Labute approximate surface area is 97.2 Å². The van der Waals surface area contributed by atoms with Crippen molar-refractivity contribution in [2.24, 2.45) is 7.05 Å². The Morgan fingerprint density at radius 1 is 1.59 bits per heavy atom. The summed E-state index contributed by atoms with van der Waals surface area (Å²) in [5.41, 5.74) is 1.09. The molecule has 8 heteroatoms. The van der Waals surface area contributed by atoms with Crippen LogP contribution in [0, 0.1) is 6.92 Å². The molecule has 0 aliphatic carbocycles. The predicted molar refractivity (Wildman–Crippen MR) is 58.6 cm³/mol. The Kier molecular flexibility index (Phi) is 4.05. The minimum atomic E-state index is -1.33. The number of aliphatic carboxylic acids is 1. The summed E-state index contributed by atoms with van der Waals surface area (Å²) in [4.78, 5) is 22.0. The van der Waals surface area contributed by atoms with Gasteiger partial charge in [-0.2, -0.15) is 5.10 Å². The number of hydrogen-bond acceptors (Lipinski definition) is 4. The number of nitrogens with zero attached hydrogens (tertiary/aromatic N) is 2. The number of rotatable bonds is 4. The molecule has 1 rings (SSSR count).